The van der Waals surface area contributed by atoms with E-state index in [1.165, 1.54) is 38.4 Å². The average molecular weight is 440 g/mol. The molecule has 0 aliphatic rings. The van der Waals surface area contributed by atoms with Crippen molar-refractivity contribution in [1.82, 2.24) is 14.1 Å². The SMILES string of the molecule is CCCCn1nc(C)c(/C=C/C(=O)Oc2ccc(C)cc2S(=O)(=O)N(C)C)c1Cl. The molecule has 0 fully saturated rings. The molecule has 0 aliphatic carbocycles. The first-order valence-corrected chi connectivity index (χ1v) is 11.1. The number of ether oxygens (including phenoxy) is 1. The van der Waals surface area contributed by atoms with Crippen molar-refractivity contribution in [2.24, 2.45) is 0 Å². The molecule has 0 aliphatic heterocycles. The summed E-state index contributed by atoms with van der Waals surface area (Å²) in [6, 6.07) is 4.62. The van der Waals surface area contributed by atoms with Gasteiger partial charge in [0.15, 0.2) is 5.75 Å². The second kappa shape index (κ2) is 9.56. The largest absolute Gasteiger partial charge is 0.422 e. The maximum Gasteiger partial charge on any atom is 0.336 e. The van der Waals surface area contributed by atoms with Gasteiger partial charge in [-0.25, -0.2) is 17.5 Å². The Hall–Kier alpha value is -2.16. The van der Waals surface area contributed by atoms with Gasteiger partial charge in [0, 0.05) is 32.3 Å². The summed E-state index contributed by atoms with van der Waals surface area (Å²) in [5.74, 6) is -0.735. The maximum atomic E-state index is 12.5. The number of sulfonamides is 1. The van der Waals surface area contributed by atoms with Crippen molar-refractivity contribution in [2.75, 3.05) is 14.1 Å². The molecule has 9 heteroatoms. The molecule has 2 aromatic rings. The van der Waals surface area contributed by atoms with Gasteiger partial charge in [0.25, 0.3) is 0 Å². The third-order valence-electron chi connectivity index (χ3n) is 4.29. The molecule has 0 saturated heterocycles. The molecule has 1 aromatic carbocycles. The van der Waals surface area contributed by atoms with Crippen molar-refractivity contribution >= 4 is 33.7 Å². The molecule has 0 bridgehead atoms. The summed E-state index contributed by atoms with van der Waals surface area (Å²) in [6.45, 7) is 6.35. The molecular weight excluding hydrogens is 414 g/mol. The summed E-state index contributed by atoms with van der Waals surface area (Å²) < 4.78 is 33.1. The maximum absolute atomic E-state index is 12.5. The third kappa shape index (κ3) is 5.46. The van der Waals surface area contributed by atoms with Crippen LogP contribution in [0.3, 0.4) is 0 Å². The number of nitrogens with zero attached hydrogens (tertiary/aromatic N) is 3. The summed E-state index contributed by atoms with van der Waals surface area (Å²) >= 11 is 6.36. The van der Waals surface area contributed by atoms with Gasteiger partial charge in [0.1, 0.15) is 10.0 Å². The number of halogens is 1. The summed E-state index contributed by atoms with van der Waals surface area (Å²) in [6.07, 6.45) is 4.71. The molecule has 1 aromatic heterocycles. The fraction of sp³-hybridized carbons (Fsp3) is 0.400. The molecule has 0 unspecified atom stereocenters. The Balaban J connectivity index is 2.26. The van der Waals surface area contributed by atoms with Gasteiger partial charge >= 0.3 is 5.97 Å². The van der Waals surface area contributed by atoms with Crippen LogP contribution in [0.25, 0.3) is 6.08 Å². The Morgan fingerprint density at radius 3 is 2.62 bits per heavy atom. The van der Waals surface area contributed by atoms with Crippen molar-refractivity contribution in [3.8, 4) is 5.75 Å². The first-order valence-electron chi connectivity index (χ1n) is 9.24. The molecule has 0 atom stereocenters. The number of hydrogen-bond acceptors (Lipinski definition) is 5. The fourth-order valence-corrected chi connectivity index (χ4v) is 4.02. The Morgan fingerprint density at radius 1 is 1.31 bits per heavy atom. The van der Waals surface area contributed by atoms with E-state index in [1.54, 1.807) is 24.6 Å². The molecule has 29 heavy (non-hydrogen) atoms. The van der Waals surface area contributed by atoms with E-state index < -0.39 is 16.0 Å². The summed E-state index contributed by atoms with van der Waals surface area (Å²) in [7, 11) is -0.923. The lowest BCUT2D eigenvalue weighted by Gasteiger charge is -2.15. The topological polar surface area (TPSA) is 81.5 Å². The lowest BCUT2D eigenvalue weighted by atomic mass is 10.2. The van der Waals surface area contributed by atoms with E-state index in [0.29, 0.717) is 23.0 Å². The first-order chi connectivity index (χ1) is 13.6. The molecule has 2 rings (SSSR count). The average Bonchev–Trinajstić information content (AvgIpc) is 2.92. The number of esters is 1. The van der Waals surface area contributed by atoms with E-state index >= 15 is 0 Å². The van der Waals surface area contributed by atoms with Crippen LogP contribution in [-0.2, 0) is 21.4 Å². The Morgan fingerprint density at radius 2 is 2.00 bits per heavy atom. The van der Waals surface area contributed by atoms with Crippen LogP contribution in [0.1, 0.15) is 36.6 Å². The lowest BCUT2D eigenvalue weighted by molar-refractivity contribution is -0.129. The third-order valence-corrected chi connectivity index (χ3v) is 6.52. The van der Waals surface area contributed by atoms with E-state index in [9.17, 15) is 13.2 Å². The molecule has 0 N–H and O–H groups in total. The second-order valence-corrected chi connectivity index (χ2v) is 9.34. The van der Waals surface area contributed by atoms with Crippen molar-refractivity contribution in [3.05, 3.63) is 46.2 Å². The highest BCUT2D eigenvalue weighted by atomic mass is 35.5. The predicted molar refractivity (Wildman–Crippen MR) is 114 cm³/mol. The van der Waals surface area contributed by atoms with Gasteiger partial charge in [-0.3, -0.25) is 4.68 Å². The summed E-state index contributed by atoms with van der Waals surface area (Å²) in [4.78, 5) is 12.3. The smallest absolute Gasteiger partial charge is 0.336 e. The quantitative estimate of drug-likeness (QED) is 0.354. The molecular formula is C20H26ClN3O4S. The zero-order valence-electron chi connectivity index (χ0n) is 17.3. The van der Waals surface area contributed by atoms with E-state index in [2.05, 4.69) is 12.0 Å². The van der Waals surface area contributed by atoms with Crippen molar-refractivity contribution < 1.29 is 17.9 Å². The van der Waals surface area contributed by atoms with Crippen LogP contribution in [0.2, 0.25) is 5.15 Å². The second-order valence-electron chi connectivity index (χ2n) is 6.86. The standard InChI is InChI=1S/C20H26ClN3O4S/c1-6-7-12-24-20(21)16(15(3)22-24)9-11-19(25)28-17-10-8-14(2)13-18(17)29(26,27)23(4)5/h8-11,13H,6-7,12H2,1-5H3/b11-9+. The van der Waals surface area contributed by atoms with Crippen LogP contribution >= 0.6 is 11.6 Å². The number of benzene rings is 1. The zero-order valence-corrected chi connectivity index (χ0v) is 18.8. The first kappa shape index (κ1) is 23.1. The normalized spacial score (nSPS) is 12.1. The number of unbranched alkanes of at least 4 members (excludes halogenated alkanes) is 1. The minimum Gasteiger partial charge on any atom is -0.422 e. The predicted octanol–water partition coefficient (Wildman–Crippen LogP) is 3.82. The van der Waals surface area contributed by atoms with Crippen LogP contribution in [0, 0.1) is 13.8 Å². The van der Waals surface area contributed by atoms with Crippen LogP contribution in [0.4, 0.5) is 0 Å². The van der Waals surface area contributed by atoms with Crippen molar-refractivity contribution in [2.45, 2.75) is 45.1 Å². The highest BCUT2D eigenvalue weighted by Gasteiger charge is 2.23. The van der Waals surface area contributed by atoms with E-state index in [4.69, 9.17) is 16.3 Å². The Kier molecular flexibility index (Phi) is 7.62. The highest BCUT2D eigenvalue weighted by molar-refractivity contribution is 7.89. The molecule has 0 radical (unpaired) electrons. The molecule has 7 nitrogen and oxygen atoms in total. The van der Waals surface area contributed by atoms with Gasteiger partial charge in [-0.2, -0.15) is 5.10 Å². The van der Waals surface area contributed by atoms with E-state index in [0.717, 1.165) is 22.7 Å². The number of rotatable bonds is 8. The van der Waals surface area contributed by atoms with Gasteiger partial charge in [0.2, 0.25) is 10.0 Å². The van der Waals surface area contributed by atoms with Gasteiger partial charge < -0.3 is 4.74 Å². The van der Waals surface area contributed by atoms with Crippen LogP contribution in [0.5, 0.6) is 5.75 Å². The van der Waals surface area contributed by atoms with Gasteiger partial charge in [-0.15, -0.1) is 0 Å². The van der Waals surface area contributed by atoms with Crippen molar-refractivity contribution in [1.29, 1.82) is 0 Å². The minimum atomic E-state index is -3.76. The van der Waals surface area contributed by atoms with Gasteiger partial charge in [-0.1, -0.05) is 31.0 Å². The van der Waals surface area contributed by atoms with E-state index in [1.807, 2.05) is 0 Å². The molecule has 0 saturated carbocycles. The number of aromatic nitrogens is 2. The zero-order chi connectivity index (χ0) is 21.8. The van der Waals surface area contributed by atoms with Gasteiger partial charge in [-0.05, 0) is 44.0 Å². The Bertz CT molecular complexity index is 1030. The van der Waals surface area contributed by atoms with Gasteiger partial charge in [0.05, 0.1) is 5.69 Å². The number of hydrogen-bond donors (Lipinski definition) is 0. The highest BCUT2D eigenvalue weighted by Crippen LogP contribution is 2.27. The monoisotopic (exact) mass is 439 g/mol. The molecule has 158 valence electrons. The Labute approximate surface area is 177 Å². The van der Waals surface area contributed by atoms with Crippen LogP contribution in [0.15, 0.2) is 29.2 Å². The van der Waals surface area contributed by atoms with Crippen molar-refractivity contribution in [3.63, 3.8) is 0 Å². The van der Waals surface area contributed by atoms with E-state index in [-0.39, 0.29) is 10.6 Å². The minimum absolute atomic E-state index is 0.0274. The molecule has 0 amide bonds. The number of carbonyl (C=O) groups excluding carboxylic acids is 1. The molecule has 1 heterocycles. The number of carbonyl (C=O) groups is 1. The molecule has 0 spiro atoms. The summed E-state index contributed by atoms with van der Waals surface area (Å²) in [5, 5.41) is 4.83. The number of aryl methyl sites for hydroxylation is 3. The lowest BCUT2D eigenvalue weighted by Crippen LogP contribution is -2.23. The fourth-order valence-electron chi connectivity index (χ4n) is 2.60. The summed E-state index contributed by atoms with van der Waals surface area (Å²) in [5.41, 5.74) is 2.06. The van der Waals surface area contributed by atoms with Crippen LogP contribution in [-0.4, -0.2) is 42.6 Å². The van der Waals surface area contributed by atoms with Crippen LogP contribution < -0.4 is 4.74 Å².